The number of rotatable bonds is 4. The summed E-state index contributed by atoms with van der Waals surface area (Å²) in [4.78, 5) is 30.0. The van der Waals surface area contributed by atoms with E-state index >= 15 is 0 Å². The number of ether oxygens (including phenoxy) is 2. The van der Waals surface area contributed by atoms with Gasteiger partial charge >= 0.3 is 0 Å². The Balaban J connectivity index is 1.82. The van der Waals surface area contributed by atoms with Crippen molar-refractivity contribution in [3.8, 4) is 0 Å². The van der Waals surface area contributed by atoms with Crippen molar-refractivity contribution in [3.05, 3.63) is 11.5 Å². The van der Waals surface area contributed by atoms with E-state index in [1.54, 1.807) is 0 Å². The molecule has 0 aromatic heterocycles. The van der Waals surface area contributed by atoms with Gasteiger partial charge in [-0.2, -0.15) is 0 Å². The standard InChI is InChI=1S/C15H20N2O4/c1-2-21-14-10(7-18)3-6-13(16-14)15(19)17-11-4-5-12(17)9-20-8-11/h7,11-12H,2-6,8-9H2,1H3. The smallest absolute Gasteiger partial charge is 0.269 e. The molecule has 0 aromatic carbocycles. The van der Waals surface area contributed by atoms with E-state index in [1.807, 2.05) is 11.8 Å². The number of amides is 1. The molecule has 3 aliphatic rings. The third kappa shape index (κ3) is 2.60. The molecule has 2 saturated heterocycles. The molecule has 2 unspecified atom stereocenters. The van der Waals surface area contributed by atoms with Crippen LogP contribution >= 0.6 is 0 Å². The van der Waals surface area contributed by atoms with Crippen LogP contribution in [0.1, 0.15) is 32.6 Å². The number of allylic oxidation sites excluding steroid dienone is 1. The van der Waals surface area contributed by atoms with Gasteiger partial charge < -0.3 is 14.4 Å². The highest BCUT2D eigenvalue weighted by Gasteiger charge is 2.42. The maximum absolute atomic E-state index is 12.7. The Bertz CT molecular complexity index is 496. The summed E-state index contributed by atoms with van der Waals surface area (Å²) in [5.41, 5.74) is 1.04. The quantitative estimate of drug-likeness (QED) is 0.727. The van der Waals surface area contributed by atoms with Crippen LogP contribution in [0.2, 0.25) is 0 Å². The number of hydrogen-bond acceptors (Lipinski definition) is 5. The zero-order valence-electron chi connectivity index (χ0n) is 12.2. The molecule has 0 N–H and O–H groups in total. The summed E-state index contributed by atoms with van der Waals surface area (Å²) in [6.45, 7) is 3.50. The van der Waals surface area contributed by atoms with Crippen LogP contribution in [0.5, 0.6) is 0 Å². The summed E-state index contributed by atoms with van der Waals surface area (Å²) in [7, 11) is 0. The summed E-state index contributed by atoms with van der Waals surface area (Å²) in [5.74, 6) is 0.288. The largest absolute Gasteiger partial charge is 0.478 e. The second-order valence-corrected chi connectivity index (χ2v) is 5.57. The monoisotopic (exact) mass is 292 g/mol. The number of morpholine rings is 1. The summed E-state index contributed by atoms with van der Waals surface area (Å²) >= 11 is 0. The second-order valence-electron chi connectivity index (χ2n) is 5.57. The van der Waals surface area contributed by atoms with E-state index in [9.17, 15) is 9.59 Å². The van der Waals surface area contributed by atoms with Gasteiger partial charge in [-0.05, 0) is 32.6 Å². The van der Waals surface area contributed by atoms with Gasteiger partial charge in [0.15, 0.2) is 6.29 Å². The topological polar surface area (TPSA) is 68.2 Å². The van der Waals surface area contributed by atoms with Gasteiger partial charge in [-0.3, -0.25) is 9.59 Å². The minimum atomic E-state index is -0.0204. The number of aldehydes is 1. The fraction of sp³-hybridized carbons (Fsp3) is 0.667. The zero-order valence-corrected chi connectivity index (χ0v) is 12.2. The van der Waals surface area contributed by atoms with Crippen molar-refractivity contribution >= 4 is 17.9 Å². The normalized spacial score (nSPS) is 28.4. The average molecular weight is 292 g/mol. The lowest BCUT2D eigenvalue weighted by atomic mass is 10.0. The lowest BCUT2D eigenvalue weighted by Crippen LogP contribution is -2.51. The van der Waals surface area contributed by atoms with Gasteiger partial charge in [0.1, 0.15) is 5.71 Å². The van der Waals surface area contributed by atoms with Crippen LogP contribution in [0.25, 0.3) is 0 Å². The van der Waals surface area contributed by atoms with E-state index in [-0.39, 0.29) is 18.0 Å². The average Bonchev–Trinajstić information content (AvgIpc) is 2.75. The van der Waals surface area contributed by atoms with Crippen molar-refractivity contribution < 1.29 is 19.1 Å². The summed E-state index contributed by atoms with van der Waals surface area (Å²) in [5, 5.41) is 0. The Hall–Kier alpha value is -1.69. The molecule has 3 heterocycles. The fourth-order valence-electron chi connectivity index (χ4n) is 3.25. The van der Waals surface area contributed by atoms with Crippen molar-refractivity contribution in [1.29, 1.82) is 0 Å². The Labute approximate surface area is 123 Å². The first-order chi connectivity index (χ1) is 10.2. The summed E-state index contributed by atoms with van der Waals surface area (Å²) in [6, 6.07) is 0.344. The van der Waals surface area contributed by atoms with Gasteiger partial charge in [0.25, 0.3) is 5.91 Å². The van der Waals surface area contributed by atoms with Crippen LogP contribution in [0.4, 0.5) is 0 Å². The predicted molar refractivity (Wildman–Crippen MR) is 75.9 cm³/mol. The second kappa shape index (κ2) is 5.97. The summed E-state index contributed by atoms with van der Waals surface area (Å²) in [6.07, 6.45) is 3.78. The van der Waals surface area contributed by atoms with E-state index in [4.69, 9.17) is 9.47 Å². The molecule has 2 fully saturated rings. The molecule has 0 radical (unpaired) electrons. The number of carbonyl (C=O) groups is 2. The molecule has 114 valence electrons. The van der Waals surface area contributed by atoms with Crippen molar-refractivity contribution in [2.45, 2.75) is 44.7 Å². The van der Waals surface area contributed by atoms with E-state index in [2.05, 4.69) is 4.99 Å². The van der Waals surface area contributed by atoms with Crippen molar-refractivity contribution in [3.63, 3.8) is 0 Å². The molecular formula is C15H20N2O4. The molecule has 2 atom stereocenters. The lowest BCUT2D eigenvalue weighted by molar-refractivity contribution is -0.133. The van der Waals surface area contributed by atoms with E-state index in [1.165, 1.54) is 0 Å². The Morgan fingerprint density at radius 2 is 2.10 bits per heavy atom. The third-order valence-electron chi connectivity index (χ3n) is 4.29. The summed E-state index contributed by atoms with van der Waals surface area (Å²) < 4.78 is 10.9. The molecule has 0 aliphatic carbocycles. The molecule has 0 saturated carbocycles. The molecule has 3 rings (SSSR count). The van der Waals surface area contributed by atoms with Crippen LogP contribution < -0.4 is 0 Å². The SMILES string of the molecule is CCOC1=C(C=O)CCC(C(=O)N2C3CCC2COC3)=N1. The maximum atomic E-state index is 12.7. The molecule has 6 nitrogen and oxygen atoms in total. The van der Waals surface area contributed by atoms with Gasteiger partial charge in [-0.1, -0.05) is 0 Å². The van der Waals surface area contributed by atoms with E-state index in [0.717, 1.165) is 19.1 Å². The maximum Gasteiger partial charge on any atom is 0.269 e. The molecule has 2 bridgehead atoms. The molecule has 1 amide bonds. The molecular weight excluding hydrogens is 272 g/mol. The van der Waals surface area contributed by atoms with Crippen molar-refractivity contribution in [1.82, 2.24) is 4.90 Å². The van der Waals surface area contributed by atoms with Crippen LogP contribution in [-0.4, -0.2) is 54.7 Å². The first-order valence-corrected chi connectivity index (χ1v) is 7.53. The van der Waals surface area contributed by atoms with E-state index < -0.39 is 0 Å². The first kappa shape index (κ1) is 14.3. The third-order valence-corrected chi connectivity index (χ3v) is 4.29. The van der Waals surface area contributed by atoms with Crippen LogP contribution in [0.15, 0.2) is 16.4 Å². The molecule has 6 heteroatoms. The molecule has 0 spiro atoms. The Morgan fingerprint density at radius 1 is 1.38 bits per heavy atom. The van der Waals surface area contributed by atoms with Crippen molar-refractivity contribution in [2.24, 2.45) is 4.99 Å². The number of carbonyl (C=O) groups excluding carboxylic acids is 2. The first-order valence-electron chi connectivity index (χ1n) is 7.53. The highest BCUT2D eigenvalue weighted by molar-refractivity contribution is 6.39. The van der Waals surface area contributed by atoms with Crippen LogP contribution in [0.3, 0.4) is 0 Å². The van der Waals surface area contributed by atoms with E-state index in [0.29, 0.717) is 49.8 Å². The number of fused-ring (bicyclic) bond motifs is 2. The minimum absolute atomic E-state index is 0.0204. The molecule has 0 aromatic rings. The Morgan fingerprint density at radius 3 is 2.71 bits per heavy atom. The lowest BCUT2D eigenvalue weighted by Gasteiger charge is -2.35. The van der Waals surface area contributed by atoms with Gasteiger partial charge in [-0.15, -0.1) is 0 Å². The van der Waals surface area contributed by atoms with Crippen LogP contribution in [-0.2, 0) is 19.1 Å². The van der Waals surface area contributed by atoms with Crippen LogP contribution in [0, 0.1) is 0 Å². The number of nitrogens with zero attached hydrogens (tertiary/aromatic N) is 2. The molecule has 21 heavy (non-hydrogen) atoms. The highest BCUT2D eigenvalue weighted by atomic mass is 16.5. The van der Waals surface area contributed by atoms with Crippen molar-refractivity contribution in [2.75, 3.05) is 19.8 Å². The minimum Gasteiger partial charge on any atom is -0.478 e. The number of aliphatic imine (C=N–C) groups is 1. The zero-order chi connectivity index (χ0) is 14.8. The number of hydrogen-bond donors (Lipinski definition) is 0. The highest BCUT2D eigenvalue weighted by Crippen LogP contribution is 2.30. The fourth-order valence-corrected chi connectivity index (χ4v) is 3.25. The molecule has 3 aliphatic heterocycles. The van der Waals surface area contributed by atoms with Gasteiger partial charge in [0.2, 0.25) is 5.88 Å². The Kier molecular flexibility index (Phi) is 4.05. The van der Waals surface area contributed by atoms with Gasteiger partial charge in [0.05, 0.1) is 37.5 Å². The predicted octanol–water partition coefficient (Wildman–Crippen LogP) is 1.06. The van der Waals surface area contributed by atoms with Gasteiger partial charge in [-0.25, -0.2) is 4.99 Å². The van der Waals surface area contributed by atoms with Gasteiger partial charge in [0, 0.05) is 0 Å².